The molecule has 0 aliphatic rings. The fourth-order valence-corrected chi connectivity index (χ4v) is 1.51. The highest BCUT2D eigenvalue weighted by Gasteiger charge is 2.11. The van der Waals surface area contributed by atoms with Crippen LogP contribution in [0, 0.1) is 5.82 Å². The van der Waals surface area contributed by atoms with E-state index in [0.717, 1.165) is 0 Å². The van der Waals surface area contributed by atoms with Gasteiger partial charge in [-0.15, -0.1) is 0 Å². The molecule has 0 saturated heterocycles. The lowest BCUT2D eigenvalue weighted by Crippen LogP contribution is -2.12. The van der Waals surface area contributed by atoms with Gasteiger partial charge in [0.25, 0.3) is 5.91 Å². The summed E-state index contributed by atoms with van der Waals surface area (Å²) in [6, 6.07) is 2.53. The largest absolute Gasteiger partial charge is 0.366 e. The van der Waals surface area contributed by atoms with Crippen molar-refractivity contribution >= 4 is 28.4 Å². The number of aromatic amines is 1. The van der Waals surface area contributed by atoms with Gasteiger partial charge < -0.3 is 10.7 Å². The summed E-state index contributed by atoms with van der Waals surface area (Å²) in [4.78, 5) is 13.6. The van der Waals surface area contributed by atoms with E-state index < -0.39 is 11.7 Å². The molecular formula is C9H6ClFN2O. The first-order valence-electron chi connectivity index (χ1n) is 3.85. The molecule has 3 N–H and O–H groups in total. The molecule has 2 aromatic rings. The van der Waals surface area contributed by atoms with Gasteiger partial charge in [0.2, 0.25) is 0 Å². The molecule has 2 rings (SSSR count). The molecule has 0 atom stereocenters. The number of carbonyl (C=O) groups is 1. The van der Waals surface area contributed by atoms with Gasteiger partial charge in [0, 0.05) is 17.1 Å². The number of hydrogen-bond donors (Lipinski definition) is 2. The van der Waals surface area contributed by atoms with Gasteiger partial charge in [-0.1, -0.05) is 11.6 Å². The minimum absolute atomic E-state index is 0.154. The van der Waals surface area contributed by atoms with Crippen LogP contribution in [0.1, 0.15) is 10.4 Å². The standard InChI is InChI=1S/C9H6ClFN2O/c10-6-3-13-8-2-7(11)5(9(12)14)1-4(6)8/h1-3,13H,(H2,12,14). The summed E-state index contributed by atoms with van der Waals surface area (Å²) in [6.07, 6.45) is 1.52. The predicted octanol–water partition coefficient (Wildman–Crippen LogP) is 2.06. The Balaban J connectivity index is 2.80. The molecule has 0 aliphatic carbocycles. The highest BCUT2D eigenvalue weighted by Crippen LogP contribution is 2.25. The third-order valence-corrected chi connectivity index (χ3v) is 2.30. The molecule has 0 aliphatic heterocycles. The van der Waals surface area contributed by atoms with Crippen molar-refractivity contribution in [3.8, 4) is 0 Å². The third-order valence-electron chi connectivity index (χ3n) is 1.98. The van der Waals surface area contributed by atoms with Crippen LogP contribution in [0.25, 0.3) is 10.9 Å². The Kier molecular flexibility index (Phi) is 1.93. The summed E-state index contributed by atoms with van der Waals surface area (Å²) in [5, 5.41) is 1.02. The van der Waals surface area contributed by atoms with Crippen molar-refractivity contribution in [3.05, 3.63) is 34.7 Å². The van der Waals surface area contributed by atoms with Crippen molar-refractivity contribution in [1.82, 2.24) is 4.98 Å². The first-order chi connectivity index (χ1) is 6.59. The number of halogens is 2. The molecular weight excluding hydrogens is 207 g/mol. The molecule has 0 spiro atoms. The highest BCUT2D eigenvalue weighted by atomic mass is 35.5. The molecule has 0 unspecified atom stereocenters. The molecule has 0 fully saturated rings. The molecule has 0 bridgehead atoms. The van der Waals surface area contributed by atoms with E-state index in [1.165, 1.54) is 18.3 Å². The van der Waals surface area contributed by atoms with E-state index in [-0.39, 0.29) is 5.56 Å². The number of benzene rings is 1. The molecule has 1 aromatic carbocycles. The van der Waals surface area contributed by atoms with Gasteiger partial charge in [-0.05, 0) is 12.1 Å². The monoisotopic (exact) mass is 212 g/mol. The fourth-order valence-electron chi connectivity index (χ4n) is 1.30. The number of primary amides is 1. The van der Waals surface area contributed by atoms with E-state index in [0.29, 0.717) is 15.9 Å². The van der Waals surface area contributed by atoms with Gasteiger partial charge in [0.05, 0.1) is 10.6 Å². The molecule has 0 saturated carbocycles. The van der Waals surface area contributed by atoms with Gasteiger partial charge in [-0.25, -0.2) is 4.39 Å². The summed E-state index contributed by atoms with van der Waals surface area (Å²) >= 11 is 5.80. The second-order valence-corrected chi connectivity index (χ2v) is 3.29. The molecule has 5 heteroatoms. The maximum absolute atomic E-state index is 13.2. The fraction of sp³-hybridized carbons (Fsp3) is 0. The molecule has 72 valence electrons. The molecule has 1 heterocycles. The van der Waals surface area contributed by atoms with Crippen molar-refractivity contribution in [3.63, 3.8) is 0 Å². The predicted molar refractivity (Wildman–Crippen MR) is 51.8 cm³/mol. The van der Waals surface area contributed by atoms with Crippen molar-refractivity contribution in [2.75, 3.05) is 0 Å². The number of amides is 1. The average molecular weight is 213 g/mol. The Labute approximate surface area is 83.7 Å². The Morgan fingerprint density at radius 1 is 1.50 bits per heavy atom. The van der Waals surface area contributed by atoms with Crippen LogP contribution in [0.15, 0.2) is 18.3 Å². The Bertz CT molecular complexity index is 521. The quantitative estimate of drug-likeness (QED) is 0.747. The molecule has 3 nitrogen and oxygen atoms in total. The summed E-state index contributed by atoms with van der Waals surface area (Å²) < 4.78 is 13.2. The number of nitrogens with two attached hydrogens (primary N) is 1. The number of fused-ring (bicyclic) bond motifs is 1. The molecule has 14 heavy (non-hydrogen) atoms. The van der Waals surface area contributed by atoms with E-state index in [2.05, 4.69) is 4.98 Å². The van der Waals surface area contributed by atoms with Crippen LogP contribution in [0.4, 0.5) is 4.39 Å². The zero-order valence-corrected chi connectivity index (χ0v) is 7.73. The van der Waals surface area contributed by atoms with Gasteiger partial charge in [-0.3, -0.25) is 4.79 Å². The average Bonchev–Trinajstić information content (AvgIpc) is 2.46. The SMILES string of the molecule is NC(=O)c1cc2c(Cl)c[nH]c2cc1F. The maximum Gasteiger partial charge on any atom is 0.251 e. The zero-order valence-electron chi connectivity index (χ0n) is 6.97. The topological polar surface area (TPSA) is 58.9 Å². The van der Waals surface area contributed by atoms with Gasteiger partial charge in [0.15, 0.2) is 0 Å². The van der Waals surface area contributed by atoms with Crippen LogP contribution in [0.2, 0.25) is 5.02 Å². The van der Waals surface area contributed by atoms with Crippen LogP contribution >= 0.6 is 11.6 Å². The van der Waals surface area contributed by atoms with Crippen LogP contribution in [0.5, 0.6) is 0 Å². The first kappa shape index (κ1) is 9.02. The minimum atomic E-state index is -0.804. The lowest BCUT2D eigenvalue weighted by molar-refractivity contribution is 0.0996. The van der Waals surface area contributed by atoms with Gasteiger partial charge in [0.1, 0.15) is 5.82 Å². The lowest BCUT2D eigenvalue weighted by Gasteiger charge is -1.98. The summed E-state index contributed by atoms with van der Waals surface area (Å²) in [5.74, 6) is -1.45. The second-order valence-electron chi connectivity index (χ2n) is 2.88. The summed E-state index contributed by atoms with van der Waals surface area (Å²) in [6.45, 7) is 0. The van der Waals surface area contributed by atoms with Gasteiger partial charge in [-0.2, -0.15) is 0 Å². The summed E-state index contributed by atoms with van der Waals surface area (Å²) in [5.41, 5.74) is 5.38. The minimum Gasteiger partial charge on any atom is -0.366 e. The Morgan fingerprint density at radius 2 is 2.21 bits per heavy atom. The van der Waals surface area contributed by atoms with E-state index in [9.17, 15) is 9.18 Å². The Morgan fingerprint density at radius 3 is 2.86 bits per heavy atom. The number of nitrogens with one attached hydrogen (secondary N) is 1. The van der Waals surface area contributed by atoms with E-state index in [4.69, 9.17) is 17.3 Å². The maximum atomic E-state index is 13.2. The number of carbonyl (C=O) groups excluding carboxylic acids is 1. The van der Waals surface area contributed by atoms with Crippen molar-refractivity contribution < 1.29 is 9.18 Å². The van der Waals surface area contributed by atoms with Crippen molar-refractivity contribution in [2.24, 2.45) is 5.73 Å². The lowest BCUT2D eigenvalue weighted by atomic mass is 10.1. The molecule has 1 aromatic heterocycles. The van der Waals surface area contributed by atoms with Gasteiger partial charge >= 0.3 is 0 Å². The Hall–Kier alpha value is -1.55. The second kappa shape index (κ2) is 2.99. The van der Waals surface area contributed by atoms with E-state index >= 15 is 0 Å². The van der Waals surface area contributed by atoms with E-state index in [1.807, 2.05) is 0 Å². The normalized spacial score (nSPS) is 10.7. The third kappa shape index (κ3) is 1.24. The number of rotatable bonds is 1. The number of hydrogen-bond acceptors (Lipinski definition) is 1. The molecule has 0 radical (unpaired) electrons. The van der Waals surface area contributed by atoms with Crippen molar-refractivity contribution in [1.29, 1.82) is 0 Å². The smallest absolute Gasteiger partial charge is 0.251 e. The number of H-pyrrole nitrogens is 1. The first-order valence-corrected chi connectivity index (χ1v) is 4.23. The highest BCUT2D eigenvalue weighted by molar-refractivity contribution is 6.35. The van der Waals surface area contributed by atoms with Crippen LogP contribution in [0.3, 0.4) is 0 Å². The van der Waals surface area contributed by atoms with Crippen molar-refractivity contribution in [2.45, 2.75) is 0 Å². The molecule has 1 amide bonds. The van der Waals surface area contributed by atoms with E-state index in [1.54, 1.807) is 0 Å². The summed E-state index contributed by atoms with van der Waals surface area (Å²) in [7, 11) is 0. The van der Waals surface area contributed by atoms with Crippen LogP contribution in [-0.4, -0.2) is 10.9 Å². The van der Waals surface area contributed by atoms with Crippen LogP contribution in [-0.2, 0) is 0 Å². The number of aromatic nitrogens is 1. The zero-order chi connectivity index (χ0) is 10.3. The van der Waals surface area contributed by atoms with Crippen LogP contribution < -0.4 is 5.73 Å².